The van der Waals surface area contributed by atoms with Crippen molar-refractivity contribution in [1.82, 2.24) is 5.32 Å². The van der Waals surface area contributed by atoms with Crippen LogP contribution in [0.4, 0.5) is 0 Å². The van der Waals surface area contributed by atoms with E-state index in [1.807, 2.05) is 0 Å². The lowest BCUT2D eigenvalue weighted by molar-refractivity contribution is -0.131. The molecule has 1 aliphatic carbocycles. The molecule has 0 spiro atoms. The van der Waals surface area contributed by atoms with E-state index in [9.17, 15) is 9.59 Å². The molecule has 1 aliphatic rings. The van der Waals surface area contributed by atoms with Crippen LogP contribution in [0.15, 0.2) is 48.5 Å². The first kappa shape index (κ1) is 20.2. The Morgan fingerprint density at radius 1 is 1.07 bits per heavy atom. The number of methoxy groups -OCH3 is 1. The molecule has 5 nitrogen and oxygen atoms in total. The van der Waals surface area contributed by atoms with Gasteiger partial charge in [0.1, 0.15) is 5.75 Å². The molecule has 6 heteroatoms. The molecule has 1 atom stereocenters. The summed E-state index contributed by atoms with van der Waals surface area (Å²) in [4.78, 5) is 25.6. The number of hydrogen-bond acceptors (Lipinski definition) is 4. The van der Waals surface area contributed by atoms with Crippen LogP contribution in [0.3, 0.4) is 0 Å². The summed E-state index contributed by atoms with van der Waals surface area (Å²) in [6, 6.07) is 13.5. The first-order chi connectivity index (χ1) is 13.6. The third-order valence-corrected chi connectivity index (χ3v) is 5.13. The second-order valence-electron chi connectivity index (χ2n) is 6.91. The van der Waals surface area contributed by atoms with Gasteiger partial charge in [0.2, 0.25) is 6.10 Å². The zero-order valence-electron chi connectivity index (χ0n) is 15.8. The lowest BCUT2D eigenvalue weighted by Crippen LogP contribution is -2.40. The summed E-state index contributed by atoms with van der Waals surface area (Å²) in [5.41, 5.74) is 0.890. The molecule has 1 saturated carbocycles. The minimum atomic E-state index is -1.04. The van der Waals surface area contributed by atoms with Gasteiger partial charge in [-0.1, -0.05) is 49.1 Å². The molecule has 2 aromatic rings. The third-order valence-electron chi connectivity index (χ3n) is 4.89. The predicted molar refractivity (Wildman–Crippen MR) is 108 cm³/mol. The molecule has 3 rings (SSSR count). The first-order valence-corrected chi connectivity index (χ1v) is 9.85. The Kier molecular flexibility index (Phi) is 6.93. The molecule has 2 aromatic carbocycles. The molecule has 0 aliphatic heterocycles. The number of nitrogens with one attached hydrogen (secondary N) is 1. The summed E-state index contributed by atoms with van der Waals surface area (Å²) in [6.45, 7) is 0. The van der Waals surface area contributed by atoms with E-state index in [1.165, 1.54) is 12.5 Å². The van der Waals surface area contributed by atoms with Crippen molar-refractivity contribution in [1.29, 1.82) is 0 Å². The van der Waals surface area contributed by atoms with Gasteiger partial charge in [-0.2, -0.15) is 0 Å². The summed E-state index contributed by atoms with van der Waals surface area (Å²) in [7, 11) is 1.57. The monoisotopic (exact) mass is 401 g/mol. The summed E-state index contributed by atoms with van der Waals surface area (Å²) in [5.74, 6) is -0.245. The molecule has 1 unspecified atom stereocenters. The molecule has 1 amide bonds. The number of hydrogen-bond donors (Lipinski definition) is 1. The molecule has 0 aromatic heterocycles. The lowest BCUT2D eigenvalue weighted by atomic mass is 9.95. The Hall–Kier alpha value is -2.53. The van der Waals surface area contributed by atoms with Gasteiger partial charge >= 0.3 is 5.97 Å². The molecule has 1 N–H and O–H groups in total. The predicted octanol–water partition coefficient (Wildman–Crippen LogP) is 4.70. The van der Waals surface area contributed by atoms with Crippen LogP contribution in [-0.2, 0) is 9.53 Å². The quantitative estimate of drug-likeness (QED) is 0.713. The van der Waals surface area contributed by atoms with E-state index in [0.717, 1.165) is 25.7 Å². The smallest absolute Gasteiger partial charge is 0.339 e. The largest absolute Gasteiger partial charge is 0.497 e. The van der Waals surface area contributed by atoms with Crippen LogP contribution in [0.2, 0.25) is 5.02 Å². The van der Waals surface area contributed by atoms with Gasteiger partial charge in [0.05, 0.1) is 12.7 Å². The highest BCUT2D eigenvalue weighted by atomic mass is 35.5. The van der Waals surface area contributed by atoms with Crippen LogP contribution in [0.25, 0.3) is 0 Å². The maximum atomic E-state index is 13.0. The van der Waals surface area contributed by atoms with Gasteiger partial charge in [-0.25, -0.2) is 4.79 Å². The maximum absolute atomic E-state index is 13.0. The van der Waals surface area contributed by atoms with Crippen molar-refractivity contribution in [2.75, 3.05) is 7.11 Å². The van der Waals surface area contributed by atoms with E-state index >= 15 is 0 Å². The van der Waals surface area contributed by atoms with E-state index in [4.69, 9.17) is 21.1 Å². The zero-order valence-corrected chi connectivity index (χ0v) is 16.6. The van der Waals surface area contributed by atoms with Gasteiger partial charge in [0.25, 0.3) is 5.91 Å². The standard InChI is InChI=1S/C22H24ClNO4/c1-27-19-12-10-15(11-13-19)20(21(25)24-18-8-3-2-4-9-18)28-22(26)16-6-5-7-17(23)14-16/h5-7,10-14,18,20H,2-4,8-9H2,1H3,(H,24,25). The molecular weight excluding hydrogens is 378 g/mol. The number of halogens is 1. The minimum Gasteiger partial charge on any atom is -0.497 e. The Labute approximate surface area is 170 Å². The van der Waals surface area contributed by atoms with E-state index in [2.05, 4.69) is 5.32 Å². The highest BCUT2D eigenvalue weighted by molar-refractivity contribution is 6.30. The number of esters is 1. The fourth-order valence-corrected chi connectivity index (χ4v) is 3.56. The summed E-state index contributed by atoms with van der Waals surface area (Å²) in [6.07, 6.45) is 4.24. The van der Waals surface area contributed by atoms with Crippen LogP contribution < -0.4 is 10.1 Å². The van der Waals surface area contributed by atoms with Crippen molar-refractivity contribution in [3.8, 4) is 5.75 Å². The average molecular weight is 402 g/mol. The van der Waals surface area contributed by atoms with Crippen molar-refractivity contribution in [3.05, 3.63) is 64.7 Å². The summed E-state index contributed by atoms with van der Waals surface area (Å²) >= 11 is 5.97. The molecule has 0 heterocycles. The molecule has 28 heavy (non-hydrogen) atoms. The van der Waals surface area contributed by atoms with E-state index in [-0.39, 0.29) is 11.9 Å². The first-order valence-electron chi connectivity index (χ1n) is 9.47. The normalized spacial score (nSPS) is 15.5. The van der Waals surface area contributed by atoms with Crippen molar-refractivity contribution in [2.45, 2.75) is 44.2 Å². The van der Waals surface area contributed by atoms with E-state index < -0.39 is 12.1 Å². The van der Waals surface area contributed by atoms with Crippen molar-refractivity contribution in [3.63, 3.8) is 0 Å². The SMILES string of the molecule is COc1ccc(C(OC(=O)c2cccc(Cl)c2)C(=O)NC2CCCCC2)cc1. The Balaban J connectivity index is 1.80. The van der Waals surface area contributed by atoms with Crippen LogP contribution in [-0.4, -0.2) is 25.0 Å². The molecule has 0 saturated heterocycles. The molecule has 0 bridgehead atoms. The average Bonchev–Trinajstić information content (AvgIpc) is 2.72. The number of ether oxygens (including phenoxy) is 2. The highest BCUT2D eigenvalue weighted by Crippen LogP contribution is 2.25. The van der Waals surface area contributed by atoms with Gasteiger partial charge in [0, 0.05) is 16.6 Å². The van der Waals surface area contributed by atoms with Gasteiger partial charge in [-0.3, -0.25) is 4.79 Å². The Morgan fingerprint density at radius 2 is 1.79 bits per heavy atom. The number of benzene rings is 2. The molecule has 0 radical (unpaired) electrons. The summed E-state index contributed by atoms with van der Waals surface area (Å²) in [5, 5.41) is 3.47. The van der Waals surface area contributed by atoms with E-state index in [1.54, 1.807) is 49.6 Å². The minimum absolute atomic E-state index is 0.117. The van der Waals surface area contributed by atoms with Crippen LogP contribution in [0.5, 0.6) is 5.75 Å². The van der Waals surface area contributed by atoms with Crippen LogP contribution in [0, 0.1) is 0 Å². The molecule has 1 fully saturated rings. The maximum Gasteiger partial charge on any atom is 0.339 e. The highest BCUT2D eigenvalue weighted by Gasteiger charge is 2.28. The Bertz CT molecular complexity index is 816. The summed E-state index contributed by atoms with van der Waals surface area (Å²) < 4.78 is 10.8. The lowest BCUT2D eigenvalue weighted by Gasteiger charge is -2.25. The van der Waals surface area contributed by atoms with Crippen molar-refractivity contribution in [2.24, 2.45) is 0 Å². The fourth-order valence-electron chi connectivity index (χ4n) is 3.37. The van der Waals surface area contributed by atoms with Crippen LogP contribution >= 0.6 is 11.6 Å². The second-order valence-corrected chi connectivity index (χ2v) is 7.35. The molecular formula is C22H24ClNO4. The second kappa shape index (κ2) is 9.60. The van der Waals surface area contributed by atoms with E-state index in [0.29, 0.717) is 21.9 Å². The van der Waals surface area contributed by atoms with Gasteiger partial charge in [-0.15, -0.1) is 0 Å². The Morgan fingerprint density at radius 3 is 2.43 bits per heavy atom. The third kappa shape index (κ3) is 5.26. The molecule has 148 valence electrons. The van der Waals surface area contributed by atoms with Gasteiger partial charge in [-0.05, 0) is 43.2 Å². The topological polar surface area (TPSA) is 64.6 Å². The number of carbonyl (C=O) groups is 2. The van der Waals surface area contributed by atoms with Gasteiger partial charge in [0.15, 0.2) is 0 Å². The fraction of sp³-hybridized carbons (Fsp3) is 0.364. The van der Waals surface area contributed by atoms with Gasteiger partial charge < -0.3 is 14.8 Å². The zero-order chi connectivity index (χ0) is 19.9. The van der Waals surface area contributed by atoms with Crippen molar-refractivity contribution < 1.29 is 19.1 Å². The number of amides is 1. The van der Waals surface area contributed by atoms with Crippen molar-refractivity contribution >= 4 is 23.5 Å². The number of rotatable bonds is 6. The number of carbonyl (C=O) groups excluding carboxylic acids is 2. The van der Waals surface area contributed by atoms with Crippen LogP contribution in [0.1, 0.15) is 54.1 Å².